The molecule has 0 aliphatic carbocycles. The van der Waals surface area contributed by atoms with Crippen LogP contribution >= 0.6 is 0 Å². The third kappa shape index (κ3) is 4.14. The van der Waals surface area contributed by atoms with E-state index in [2.05, 4.69) is 10.0 Å². The third-order valence-electron chi connectivity index (χ3n) is 4.22. The minimum atomic E-state index is -3.40. The average molecular weight is 305 g/mol. The minimum Gasteiger partial charge on any atom is -0.380 e. The van der Waals surface area contributed by atoms with Crippen LogP contribution in [0.15, 0.2) is 0 Å². The van der Waals surface area contributed by atoms with Crippen molar-refractivity contribution in [2.75, 3.05) is 39.9 Å². The number of rotatable bonds is 5. The summed E-state index contributed by atoms with van der Waals surface area (Å²) in [4.78, 5) is 0. The van der Waals surface area contributed by atoms with Crippen molar-refractivity contribution in [3.8, 4) is 0 Å². The molecule has 0 aromatic heterocycles. The first-order valence-electron chi connectivity index (χ1n) is 7.47. The number of nitrogens with one attached hydrogen (secondary N) is 2. The number of hydrogen-bond acceptors (Lipinski definition) is 4. The molecule has 0 bridgehead atoms. The van der Waals surface area contributed by atoms with Crippen molar-refractivity contribution in [3.05, 3.63) is 0 Å². The maximum atomic E-state index is 12.5. The fourth-order valence-corrected chi connectivity index (χ4v) is 4.64. The van der Waals surface area contributed by atoms with E-state index in [9.17, 15) is 8.42 Å². The molecule has 0 saturated carbocycles. The normalized spacial score (nSPS) is 30.5. The molecule has 1 atom stereocenters. The third-order valence-corrected chi connectivity index (χ3v) is 6.02. The quantitative estimate of drug-likeness (QED) is 0.767. The van der Waals surface area contributed by atoms with Crippen LogP contribution in [0.25, 0.3) is 0 Å². The Morgan fingerprint density at radius 1 is 1.35 bits per heavy atom. The first-order chi connectivity index (χ1) is 9.45. The van der Waals surface area contributed by atoms with Crippen LogP contribution in [0, 0.1) is 5.92 Å². The van der Waals surface area contributed by atoms with Gasteiger partial charge in [-0.15, -0.1) is 0 Å². The lowest BCUT2D eigenvalue weighted by Crippen LogP contribution is -2.56. The molecule has 2 heterocycles. The second-order valence-corrected chi connectivity index (χ2v) is 7.89. The summed E-state index contributed by atoms with van der Waals surface area (Å²) in [6.45, 7) is 5.30. The molecule has 2 N–H and O–H groups in total. The summed E-state index contributed by atoms with van der Waals surface area (Å²) in [5.74, 6) is 0.583. The number of nitrogens with zero attached hydrogens (tertiary/aromatic N) is 1. The topological polar surface area (TPSA) is 70.7 Å². The van der Waals surface area contributed by atoms with E-state index in [1.54, 1.807) is 4.31 Å². The van der Waals surface area contributed by atoms with Crippen molar-refractivity contribution in [3.63, 3.8) is 0 Å². The Morgan fingerprint density at radius 3 is 2.60 bits per heavy atom. The highest BCUT2D eigenvalue weighted by atomic mass is 32.2. The van der Waals surface area contributed by atoms with Crippen LogP contribution in [0.1, 0.15) is 32.6 Å². The lowest BCUT2D eigenvalue weighted by atomic mass is 9.97. The Hall–Kier alpha value is -0.210. The van der Waals surface area contributed by atoms with Crippen molar-refractivity contribution in [1.82, 2.24) is 14.3 Å². The SMILES string of the molecule is CNCC1CCN(S(=O)(=O)NC2(C)CCCOC2)CC1. The fraction of sp³-hybridized carbons (Fsp3) is 1.00. The Kier molecular flexibility index (Phi) is 5.42. The molecule has 7 heteroatoms. The van der Waals surface area contributed by atoms with Gasteiger partial charge in [0.2, 0.25) is 0 Å². The molecule has 0 aromatic rings. The molecule has 2 aliphatic rings. The molecule has 0 aromatic carbocycles. The van der Waals surface area contributed by atoms with E-state index in [1.807, 2.05) is 14.0 Å². The zero-order valence-electron chi connectivity index (χ0n) is 12.5. The van der Waals surface area contributed by atoms with Crippen LogP contribution in [0.4, 0.5) is 0 Å². The van der Waals surface area contributed by atoms with Gasteiger partial charge in [0.25, 0.3) is 10.2 Å². The highest BCUT2D eigenvalue weighted by Gasteiger charge is 2.36. The van der Waals surface area contributed by atoms with Gasteiger partial charge < -0.3 is 10.1 Å². The maximum absolute atomic E-state index is 12.5. The van der Waals surface area contributed by atoms with Gasteiger partial charge in [0.1, 0.15) is 0 Å². The van der Waals surface area contributed by atoms with Crippen molar-refractivity contribution < 1.29 is 13.2 Å². The van der Waals surface area contributed by atoms with Gasteiger partial charge in [-0.2, -0.15) is 17.4 Å². The van der Waals surface area contributed by atoms with Crippen LogP contribution in [0.3, 0.4) is 0 Å². The monoisotopic (exact) mass is 305 g/mol. The second kappa shape index (κ2) is 6.70. The van der Waals surface area contributed by atoms with E-state index >= 15 is 0 Å². The highest BCUT2D eigenvalue weighted by molar-refractivity contribution is 7.87. The summed E-state index contributed by atoms with van der Waals surface area (Å²) in [5, 5.41) is 3.16. The molecule has 6 nitrogen and oxygen atoms in total. The van der Waals surface area contributed by atoms with Gasteiger partial charge in [0.15, 0.2) is 0 Å². The highest BCUT2D eigenvalue weighted by Crippen LogP contribution is 2.23. The second-order valence-electron chi connectivity index (χ2n) is 6.22. The fourth-order valence-electron chi connectivity index (χ4n) is 3.03. The van der Waals surface area contributed by atoms with Crippen molar-refractivity contribution in [2.24, 2.45) is 5.92 Å². The number of piperidine rings is 1. The molecule has 118 valence electrons. The summed E-state index contributed by atoms with van der Waals surface area (Å²) in [7, 11) is -1.46. The maximum Gasteiger partial charge on any atom is 0.280 e. The van der Waals surface area contributed by atoms with Gasteiger partial charge in [-0.25, -0.2) is 0 Å². The average Bonchev–Trinajstić information content (AvgIpc) is 2.39. The van der Waals surface area contributed by atoms with Crippen LogP contribution in [0.5, 0.6) is 0 Å². The van der Waals surface area contributed by atoms with Crippen molar-refractivity contribution in [1.29, 1.82) is 0 Å². The standard InChI is InChI=1S/C13H27N3O3S/c1-13(6-3-9-19-11-13)15-20(17,18)16-7-4-12(5-8-16)10-14-2/h12,14-15H,3-11H2,1-2H3. The Bertz CT molecular complexity index is 399. The van der Waals surface area contributed by atoms with Crippen LogP contribution in [-0.2, 0) is 14.9 Å². The summed E-state index contributed by atoms with van der Waals surface area (Å²) in [6, 6.07) is 0. The Morgan fingerprint density at radius 2 is 2.05 bits per heavy atom. The van der Waals surface area contributed by atoms with Gasteiger partial charge in [-0.3, -0.25) is 0 Å². The lowest BCUT2D eigenvalue weighted by Gasteiger charge is -2.37. The van der Waals surface area contributed by atoms with Gasteiger partial charge in [0, 0.05) is 19.7 Å². The van der Waals surface area contributed by atoms with E-state index in [0.717, 1.165) is 38.8 Å². The van der Waals surface area contributed by atoms with Crippen LogP contribution in [-0.4, -0.2) is 58.2 Å². The summed E-state index contributed by atoms with van der Waals surface area (Å²) in [5.41, 5.74) is -0.459. The minimum absolute atomic E-state index is 0.459. The summed E-state index contributed by atoms with van der Waals surface area (Å²) in [6.07, 6.45) is 3.59. The molecule has 20 heavy (non-hydrogen) atoms. The van der Waals surface area contributed by atoms with Gasteiger partial charge in [0.05, 0.1) is 12.1 Å². The van der Waals surface area contributed by atoms with E-state index < -0.39 is 15.7 Å². The van der Waals surface area contributed by atoms with E-state index in [1.165, 1.54) is 0 Å². The smallest absolute Gasteiger partial charge is 0.280 e. The lowest BCUT2D eigenvalue weighted by molar-refractivity contribution is 0.0377. The molecule has 0 radical (unpaired) electrons. The number of hydrogen-bond donors (Lipinski definition) is 2. The van der Waals surface area contributed by atoms with Crippen LogP contribution < -0.4 is 10.0 Å². The molecular weight excluding hydrogens is 278 g/mol. The molecule has 2 aliphatic heterocycles. The number of ether oxygens (including phenoxy) is 1. The summed E-state index contributed by atoms with van der Waals surface area (Å²) < 4.78 is 34.8. The Balaban J connectivity index is 1.90. The predicted molar refractivity (Wildman–Crippen MR) is 78.7 cm³/mol. The molecule has 0 amide bonds. The van der Waals surface area contributed by atoms with Crippen molar-refractivity contribution >= 4 is 10.2 Å². The zero-order chi connectivity index (χ0) is 14.6. The molecule has 2 saturated heterocycles. The molecule has 0 spiro atoms. The van der Waals surface area contributed by atoms with Crippen LogP contribution in [0.2, 0.25) is 0 Å². The molecule has 1 unspecified atom stereocenters. The predicted octanol–water partition coefficient (Wildman–Crippen LogP) is 0.321. The van der Waals surface area contributed by atoms with Gasteiger partial charge >= 0.3 is 0 Å². The van der Waals surface area contributed by atoms with E-state index in [-0.39, 0.29) is 0 Å². The largest absolute Gasteiger partial charge is 0.380 e. The zero-order valence-corrected chi connectivity index (χ0v) is 13.3. The first kappa shape index (κ1) is 16.2. The van der Waals surface area contributed by atoms with E-state index in [0.29, 0.717) is 25.6 Å². The Labute approximate surface area is 122 Å². The molecular formula is C13H27N3O3S. The summed E-state index contributed by atoms with van der Waals surface area (Å²) >= 11 is 0. The van der Waals surface area contributed by atoms with E-state index in [4.69, 9.17) is 4.74 Å². The first-order valence-corrected chi connectivity index (χ1v) is 8.91. The van der Waals surface area contributed by atoms with Crippen molar-refractivity contribution in [2.45, 2.75) is 38.1 Å². The molecule has 2 fully saturated rings. The molecule has 2 rings (SSSR count). The van der Waals surface area contributed by atoms with Gasteiger partial charge in [-0.1, -0.05) is 0 Å². The van der Waals surface area contributed by atoms with Gasteiger partial charge in [-0.05, 0) is 52.1 Å².